The van der Waals surface area contributed by atoms with Crippen molar-refractivity contribution in [2.45, 2.75) is 13.2 Å². The third-order valence-corrected chi connectivity index (χ3v) is 3.02. The fourth-order valence-electron chi connectivity index (χ4n) is 1.90. The molecule has 0 aliphatic carbocycles. The van der Waals surface area contributed by atoms with Crippen LogP contribution in [0.15, 0.2) is 48.5 Å². The van der Waals surface area contributed by atoms with Gasteiger partial charge in [0.15, 0.2) is 0 Å². The van der Waals surface area contributed by atoms with Gasteiger partial charge in [0.05, 0.1) is 12.1 Å². The zero-order valence-corrected chi connectivity index (χ0v) is 10.8. The maximum atomic E-state index is 8.99. The molecular weight excluding hydrogens is 252 g/mol. The molecule has 0 aliphatic rings. The third-order valence-electron chi connectivity index (χ3n) is 3.02. The van der Waals surface area contributed by atoms with Gasteiger partial charge < -0.3 is 10.4 Å². The summed E-state index contributed by atoms with van der Waals surface area (Å²) in [6.45, 7) is 0.678. The van der Waals surface area contributed by atoms with Gasteiger partial charge in [-0.15, -0.1) is 10.2 Å². The second-order valence-electron chi connectivity index (χ2n) is 4.45. The minimum absolute atomic E-state index is 0.0609. The number of rotatable bonds is 4. The van der Waals surface area contributed by atoms with E-state index < -0.39 is 0 Å². The van der Waals surface area contributed by atoms with Gasteiger partial charge in [0.25, 0.3) is 0 Å². The van der Waals surface area contributed by atoms with E-state index in [4.69, 9.17) is 5.11 Å². The van der Waals surface area contributed by atoms with Gasteiger partial charge in [-0.05, 0) is 23.3 Å². The summed E-state index contributed by atoms with van der Waals surface area (Å²) in [4.78, 5) is 4.40. The average Bonchev–Trinajstić information content (AvgIpc) is 2.53. The highest BCUT2D eigenvalue weighted by molar-refractivity contribution is 5.74. The first-order valence-electron chi connectivity index (χ1n) is 6.37. The predicted molar refractivity (Wildman–Crippen MR) is 77.0 cm³/mol. The maximum absolute atomic E-state index is 8.99. The fourth-order valence-corrected chi connectivity index (χ4v) is 1.90. The van der Waals surface area contributed by atoms with Crippen LogP contribution in [0.3, 0.4) is 0 Å². The maximum Gasteiger partial charge on any atom is 0.243 e. The molecule has 1 heterocycles. The summed E-state index contributed by atoms with van der Waals surface area (Å²) in [5.41, 5.74) is 3.60. The Labute approximate surface area is 116 Å². The highest BCUT2D eigenvalue weighted by Gasteiger charge is 2.01. The smallest absolute Gasteiger partial charge is 0.243 e. The molecule has 0 amide bonds. The minimum atomic E-state index is 0.0609. The fraction of sp³-hybridized carbons (Fsp3) is 0.133. The number of aliphatic hydroxyl groups is 1. The number of para-hydroxylation sites is 1. The lowest BCUT2D eigenvalue weighted by Gasteiger charge is -2.05. The molecule has 2 aromatic carbocycles. The number of nitrogens with zero attached hydrogens (tertiary/aromatic N) is 3. The van der Waals surface area contributed by atoms with E-state index >= 15 is 0 Å². The second kappa shape index (κ2) is 5.63. The van der Waals surface area contributed by atoms with E-state index in [1.165, 1.54) is 0 Å². The third kappa shape index (κ3) is 2.73. The number of hydrogen-bond acceptors (Lipinski definition) is 5. The summed E-state index contributed by atoms with van der Waals surface area (Å²) in [5, 5.41) is 20.3. The zero-order chi connectivity index (χ0) is 13.8. The summed E-state index contributed by atoms with van der Waals surface area (Å²) in [6, 6.07) is 15.4. The van der Waals surface area contributed by atoms with Gasteiger partial charge in [0, 0.05) is 6.54 Å². The molecule has 1 aromatic heterocycles. The first-order valence-corrected chi connectivity index (χ1v) is 6.37. The Bertz CT molecular complexity index is 712. The lowest BCUT2D eigenvalue weighted by molar-refractivity contribution is 0.282. The molecule has 0 aliphatic heterocycles. The highest BCUT2D eigenvalue weighted by Crippen LogP contribution is 2.10. The summed E-state index contributed by atoms with van der Waals surface area (Å²) in [6.07, 6.45) is 0. The van der Waals surface area contributed by atoms with Crippen LogP contribution in [0.25, 0.3) is 11.0 Å². The number of hydrogen-bond donors (Lipinski definition) is 2. The van der Waals surface area contributed by atoms with Gasteiger partial charge in [-0.2, -0.15) is 0 Å². The van der Waals surface area contributed by atoms with E-state index in [9.17, 15) is 0 Å². The lowest BCUT2D eigenvalue weighted by Crippen LogP contribution is -2.05. The van der Waals surface area contributed by atoms with E-state index in [-0.39, 0.29) is 6.61 Å². The molecule has 3 aromatic rings. The van der Waals surface area contributed by atoms with Crippen LogP contribution < -0.4 is 5.32 Å². The van der Waals surface area contributed by atoms with Crippen molar-refractivity contribution in [1.82, 2.24) is 15.2 Å². The molecule has 0 saturated heterocycles. The van der Waals surface area contributed by atoms with Gasteiger partial charge in [-0.1, -0.05) is 36.4 Å². The van der Waals surface area contributed by atoms with E-state index in [0.29, 0.717) is 12.5 Å². The van der Waals surface area contributed by atoms with Crippen LogP contribution in [0.2, 0.25) is 0 Å². The van der Waals surface area contributed by atoms with Crippen molar-refractivity contribution in [2.75, 3.05) is 5.32 Å². The monoisotopic (exact) mass is 266 g/mol. The molecule has 3 rings (SSSR count). The minimum Gasteiger partial charge on any atom is -0.392 e. The van der Waals surface area contributed by atoms with Gasteiger partial charge in [0.2, 0.25) is 5.95 Å². The number of nitrogens with one attached hydrogen (secondary N) is 1. The molecule has 20 heavy (non-hydrogen) atoms. The van der Waals surface area contributed by atoms with Crippen LogP contribution in [0.4, 0.5) is 5.95 Å². The van der Waals surface area contributed by atoms with E-state index in [1.807, 2.05) is 48.5 Å². The van der Waals surface area contributed by atoms with Crippen LogP contribution >= 0.6 is 0 Å². The Hall–Kier alpha value is -2.53. The molecule has 0 saturated carbocycles. The van der Waals surface area contributed by atoms with Crippen molar-refractivity contribution in [2.24, 2.45) is 0 Å². The summed E-state index contributed by atoms with van der Waals surface area (Å²) in [7, 11) is 0. The molecule has 0 unspecified atom stereocenters. The van der Waals surface area contributed by atoms with Gasteiger partial charge in [-0.25, -0.2) is 4.98 Å². The number of anilines is 1. The number of fused-ring (bicyclic) bond motifs is 1. The molecule has 0 atom stereocenters. The van der Waals surface area contributed by atoms with Crippen LogP contribution in [-0.4, -0.2) is 20.3 Å². The SMILES string of the molecule is OCc1ccc(CNc2nnc3ccccc3n2)cc1. The molecule has 0 radical (unpaired) electrons. The van der Waals surface area contributed by atoms with E-state index in [2.05, 4.69) is 20.5 Å². The molecule has 2 N–H and O–H groups in total. The van der Waals surface area contributed by atoms with Crippen LogP contribution in [0, 0.1) is 0 Å². The Morgan fingerprint density at radius 1 is 0.850 bits per heavy atom. The van der Waals surface area contributed by atoms with E-state index in [0.717, 1.165) is 22.2 Å². The molecule has 100 valence electrons. The lowest BCUT2D eigenvalue weighted by atomic mass is 10.1. The Morgan fingerprint density at radius 2 is 1.55 bits per heavy atom. The summed E-state index contributed by atoms with van der Waals surface area (Å²) in [5.74, 6) is 0.509. The van der Waals surface area contributed by atoms with Crippen molar-refractivity contribution in [1.29, 1.82) is 0 Å². The van der Waals surface area contributed by atoms with Crippen molar-refractivity contribution in [3.8, 4) is 0 Å². The second-order valence-corrected chi connectivity index (χ2v) is 4.45. The Balaban J connectivity index is 1.72. The molecule has 0 fully saturated rings. The van der Waals surface area contributed by atoms with Gasteiger partial charge in [-0.3, -0.25) is 0 Å². The highest BCUT2D eigenvalue weighted by atomic mass is 16.3. The molecule has 0 bridgehead atoms. The largest absolute Gasteiger partial charge is 0.392 e. The van der Waals surface area contributed by atoms with Crippen LogP contribution in [0.1, 0.15) is 11.1 Å². The molecular formula is C15H14N4O. The topological polar surface area (TPSA) is 70.9 Å². The van der Waals surface area contributed by atoms with Crippen molar-refractivity contribution in [3.05, 3.63) is 59.7 Å². The van der Waals surface area contributed by atoms with Crippen LogP contribution in [0.5, 0.6) is 0 Å². The van der Waals surface area contributed by atoms with Gasteiger partial charge in [0.1, 0.15) is 5.52 Å². The Kier molecular flexibility index (Phi) is 3.52. The molecule has 5 heteroatoms. The first kappa shape index (κ1) is 12.5. The quantitative estimate of drug-likeness (QED) is 0.757. The average molecular weight is 266 g/mol. The number of aromatic nitrogens is 3. The first-order chi connectivity index (χ1) is 9.85. The zero-order valence-electron chi connectivity index (χ0n) is 10.8. The van der Waals surface area contributed by atoms with Gasteiger partial charge >= 0.3 is 0 Å². The Morgan fingerprint density at radius 3 is 2.30 bits per heavy atom. The van der Waals surface area contributed by atoms with E-state index in [1.54, 1.807) is 0 Å². The number of aliphatic hydroxyl groups excluding tert-OH is 1. The number of benzene rings is 2. The predicted octanol–water partition coefficient (Wildman–Crippen LogP) is 2.13. The standard InChI is InChI=1S/C15H14N4O/c20-10-12-7-5-11(6-8-12)9-16-15-17-13-3-1-2-4-14(13)18-19-15/h1-8,20H,9-10H2,(H,16,17,19). The van der Waals surface area contributed by atoms with Crippen LogP contribution in [-0.2, 0) is 13.2 Å². The molecule has 0 spiro atoms. The van der Waals surface area contributed by atoms with Crippen molar-refractivity contribution in [3.63, 3.8) is 0 Å². The normalized spacial score (nSPS) is 10.7. The summed E-state index contributed by atoms with van der Waals surface area (Å²) >= 11 is 0. The van der Waals surface area contributed by atoms with Crippen molar-refractivity contribution < 1.29 is 5.11 Å². The van der Waals surface area contributed by atoms with Crippen molar-refractivity contribution >= 4 is 17.0 Å². The molecule has 5 nitrogen and oxygen atoms in total. The summed E-state index contributed by atoms with van der Waals surface area (Å²) < 4.78 is 0.